The molecule has 0 saturated heterocycles. The lowest BCUT2D eigenvalue weighted by Gasteiger charge is -2.40. The highest BCUT2D eigenvalue weighted by Crippen LogP contribution is 2.61. The van der Waals surface area contributed by atoms with Gasteiger partial charge in [0.2, 0.25) is 0 Å². The van der Waals surface area contributed by atoms with Crippen molar-refractivity contribution in [3.8, 4) is 0 Å². The van der Waals surface area contributed by atoms with Gasteiger partial charge >= 0.3 is 35.8 Å². The second-order valence-electron chi connectivity index (χ2n) is 8.74. The van der Waals surface area contributed by atoms with Crippen molar-refractivity contribution in [3.05, 3.63) is 0 Å². The third-order valence-electron chi connectivity index (χ3n) is 5.88. The molecular formula is C22H32ClF13O2. The number of halogens is 14. The van der Waals surface area contributed by atoms with Crippen molar-refractivity contribution in [2.45, 2.75) is 120 Å². The maximum Gasteiger partial charge on any atom is 0.460 e. The molecule has 0 fully saturated rings. The summed E-state index contributed by atoms with van der Waals surface area (Å²) in [6, 6.07) is 0. The van der Waals surface area contributed by atoms with Gasteiger partial charge in [0.05, 0.1) is 0 Å². The summed E-state index contributed by atoms with van der Waals surface area (Å²) in [6.07, 6.45) is -7.02. The van der Waals surface area contributed by atoms with Crippen LogP contribution in [0.25, 0.3) is 0 Å². The summed E-state index contributed by atoms with van der Waals surface area (Å²) in [5, 5.41) is -2.21. The highest BCUT2D eigenvalue weighted by Gasteiger charge is 2.90. The van der Waals surface area contributed by atoms with E-state index in [-0.39, 0.29) is 26.1 Å². The average molecular weight is 611 g/mol. The van der Waals surface area contributed by atoms with Crippen LogP contribution in [-0.4, -0.2) is 54.2 Å². The third kappa shape index (κ3) is 7.94. The molecule has 0 spiro atoms. The lowest BCUT2D eigenvalue weighted by molar-refractivity contribution is -0.440. The van der Waals surface area contributed by atoms with Crippen molar-refractivity contribution in [3.63, 3.8) is 0 Å². The van der Waals surface area contributed by atoms with E-state index in [1.54, 1.807) is 0 Å². The Kier molecular flexibility index (Phi) is 13.5. The van der Waals surface area contributed by atoms with Crippen LogP contribution in [0, 0.1) is 5.92 Å². The first-order valence-corrected chi connectivity index (χ1v) is 12.3. The van der Waals surface area contributed by atoms with Gasteiger partial charge < -0.3 is 9.47 Å². The predicted octanol–water partition coefficient (Wildman–Crippen LogP) is 9.84. The minimum atomic E-state index is -7.92. The van der Waals surface area contributed by atoms with Gasteiger partial charge in [-0.25, -0.2) is 0 Å². The number of unbranched alkanes of at least 4 members (excludes halogenated alkanes) is 5. The van der Waals surface area contributed by atoms with Crippen molar-refractivity contribution in [1.29, 1.82) is 0 Å². The van der Waals surface area contributed by atoms with E-state index in [9.17, 15) is 57.1 Å². The van der Waals surface area contributed by atoms with Crippen LogP contribution in [0.4, 0.5) is 57.1 Å². The lowest BCUT2D eigenvalue weighted by Crippen LogP contribution is -2.70. The van der Waals surface area contributed by atoms with Gasteiger partial charge in [-0.15, -0.1) is 0 Å². The Labute approximate surface area is 217 Å². The van der Waals surface area contributed by atoms with Crippen molar-refractivity contribution >= 4 is 11.6 Å². The summed E-state index contributed by atoms with van der Waals surface area (Å²) in [5.74, 6) is -38.4. The standard InChI is InChI=1S/C22H32ClF13O2/c1-4-7-8-9-10-11-12-15(17(23,37-5-2)38-6-3)13-14-16(24,25)18(26,27)19(28,29)20(30,31)21(32,33)22(34,35)36/h15H,4-14H2,1-3H3. The first-order valence-electron chi connectivity index (χ1n) is 12.0. The van der Waals surface area contributed by atoms with Gasteiger partial charge in [-0.2, -0.15) is 57.1 Å². The molecule has 0 aromatic carbocycles. The van der Waals surface area contributed by atoms with Crippen LogP contribution < -0.4 is 0 Å². The fourth-order valence-electron chi connectivity index (χ4n) is 3.65. The Bertz CT molecular complexity index is 693. The SMILES string of the molecule is CCCCCCCCC(CCC(F)(F)C(F)(F)C(F)(F)C(F)(F)C(F)(F)C(F)(F)F)C(Cl)(OCC)OCC. The summed E-state index contributed by atoms with van der Waals surface area (Å²) in [6.45, 7) is 4.40. The van der Waals surface area contributed by atoms with E-state index in [4.69, 9.17) is 21.1 Å². The van der Waals surface area contributed by atoms with Gasteiger partial charge in [-0.05, 0) is 26.7 Å². The van der Waals surface area contributed by atoms with Crippen molar-refractivity contribution < 1.29 is 66.5 Å². The molecule has 0 N–H and O–H groups in total. The van der Waals surface area contributed by atoms with Gasteiger partial charge in [-0.3, -0.25) is 0 Å². The minimum Gasteiger partial charge on any atom is -0.337 e. The normalized spacial score (nSPS) is 15.7. The molecule has 0 radical (unpaired) electrons. The molecule has 230 valence electrons. The quantitative estimate of drug-likeness (QED) is 0.0627. The van der Waals surface area contributed by atoms with E-state index in [2.05, 4.69) is 0 Å². The van der Waals surface area contributed by atoms with E-state index in [1.807, 2.05) is 6.92 Å². The zero-order valence-corrected chi connectivity index (χ0v) is 21.7. The second kappa shape index (κ2) is 13.8. The maximum absolute atomic E-state index is 14.3. The molecular weight excluding hydrogens is 579 g/mol. The van der Waals surface area contributed by atoms with Crippen LogP contribution in [0.5, 0.6) is 0 Å². The van der Waals surface area contributed by atoms with Crippen LogP contribution in [-0.2, 0) is 9.47 Å². The smallest absolute Gasteiger partial charge is 0.337 e. The van der Waals surface area contributed by atoms with Gasteiger partial charge in [-0.1, -0.05) is 57.0 Å². The molecule has 0 amide bonds. The Morgan fingerprint density at radius 1 is 0.553 bits per heavy atom. The molecule has 0 aliphatic heterocycles. The summed E-state index contributed by atoms with van der Waals surface area (Å²) >= 11 is 6.21. The molecule has 38 heavy (non-hydrogen) atoms. The van der Waals surface area contributed by atoms with Gasteiger partial charge in [0.15, 0.2) is 0 Å². The van der Waals surface area contributed by atoms with Crippen LogP contribution >= 0.6 is 11.6 Å². The van der Waals surface area contributed by atoms with Crippen molar-refractivity contribution in [2.24, 2.45) is 5.92 Å². The minimum absolute atomic E-state index is 0.129. The molecule has 0 heterocycles. The first-order chi connectivity index (χ1) is 17.0. The Hall–Kier alpha value is -0.700. The summed E-state index contributed by atoms with van der Waals surface area (Å²) < 4.78 is 185. The molecule has 1 unspecified atom stereocenters. The second-order valence-corrected chi connectivity index (χ2v) is 9.27. The summed E-state index contributed by atoms with van der Waals surface area (Å²) in [7, 11) is 0. The van der Waals surface area contributed by atoms with Crippen molar-refractivity contribution in [1.82, 2.24) is 0 Å². The van der Waals surface area contributed by atoms with E-state index < -0.39 is 59.8 Å². The Balaban J connectivity index is 6.03. The highest BCUT2D eigenvalue weighted by atomic mass is 35.5. The molecule has 0 bridgehead atoms. The van der Waals surface area contributed by atoms with Gasteiger partial charge in [0, 0.05) is 25.6 Å². The fraction of sp³-hybridized carbons (Fsp3) is 1.00. The topological polar surface area (TPSA) is 18.5 Å². The average Bonchev–Trinajstić information content (AvgIpc) is 2.76. The lowest BCUT2D eigenvalue weighted by atomic mass is 9.88. The molecule has 0 aliphatic rings. The highest BCUT2D eigenvalue weighted by molar-refractivity contribution is 6.22. The molecule has 0 saturated carbocycles. The first kappa shape index (κ1) is 37.3. The van der Waals surface area contributed by atoms with Crippen LogP contribution in [0.1, 0.15) is 78.6 Å². The van der Waals surface area contributed by atoms with E-state index >= 15 is 0 Å². The third-order valence-corrected chi connectivity index (χ3v) is 6.41. The van der Waals surface area contributed by atoms with Crippen LogP contribution in [0.15, 0.2) is 0 Å². The molecule has 1 atom stereocenters. The largest absolute Gasteiger partial charge is 0.460 e. The fourth-order valence-corrected chi connectivity index (χ4v) is 4.08. The zero-order valence-electron chi connectivity index (χ0n) is 21.0. The number of rotatable bonds is 19. The predicted molar refractivity (Wildman–Crippen MR) is 113 cm³/mol. The van der Waals surface area contributed by atoms with Crippen LogP contribution in [0.3, 0.4) is 0 Å². The Morgan fingerprint density at radius 3 is 1.39 bits per heavy atom. The number of alkyl halides is 14. The zero-order chi connectivity index (χ0) is 30.3. The summed E-state index contributed by atoms with van der Waals surface area (Å²) in [4.78, 5) is 0. The molecule has 0 aromatic rings. The molecule has 2 nitrogen and oxygen atoms in total. The number of hydrogen-bond acceptors (Lipinski definition) is 2. The molecule has 0 aromatic heterocycles. The van der Waals surface area contributed by atoms with Crippen molar-refractivity contribution in [2.75, 3.05) is 13.2 Å². The summed E-state index contributed by atoms with van der Waals surface area (Å²) in [5.41, 5.74) is 0. The molecule has 0 aliphatic carbocycles. The van der Waals surface area contributed by atoms with Gasteiger partial charge in [0.1, 0.15) is 0 Å². The molecule has 16 heteroatoms. The molecule has 0 rings (SSSR count). The van der Waals surface area contributed by atoms with E-state index in [1.165, 1.54) is 13.8 Å². The van der Waals surface area contributed by atoms with Crippen LogP contribution in [0.2, 0.25) is 0 Å². The maximum atomic E-state index is 14.3. The number of ether oxygens (including phenoxy) is 2. The van der Waals surface area contributed by atoms with E-state index in [0.29, 0.717) is 12.8 Å². The van der Waals surface area contributed by atoms with E-state index in [0.717, 1.165) is 19.3 Å². The monoisotopic (exact) mass is 610 g/mol. The van der Waals surface area contributed by atoms with Gasteiger partial charge in [0.25, 0.3) is 5.25 Å². The Morgan fingerprint density at radius 2 is 0.974 bits per heavy atom. The number of hydrogen-bond donors (Lipinski definition) is 0.